The first-order chi connectivity index (χ1) is 15.9. The molecule has 13 heteroatoms. The zero-order valence-corrected chi connectivity index (χ0v) is 18.9. The van der Waals surface area contributed by atoms with E-state index in [0.717, 1.165) is 0 Å². The number of phosphoric acid groups is 1. The number of nitrogen functional groups attached to an aromatic ring is 1. The van der Waals surface area contributed by atoms with Crippen molar-refractivity contribution in [3.8, 4) is 11.6 Å². The van der Waals surface area contributed by atoms with Gasteiger partial charge in [0.2, 0.25) is 11.8 Å². The first-order valence-corrected chi connectivity index (χ1v) is 11.8. The lowest BCUT2D eigenvalue weighted by Gasteiger charge is -2.35. The van der Waals surface area contributed by atoms with Gasteiger partial charge >= 0.3 is 7.82 Å². The molecule has 2 aromatic heterocycles. The SMILES string of the molecule is C=N[C@]1(C)[C@@H]2OP(=O)(Oc3ccccc3)OC[C@H]2O[C@H]1n1cnc2c(OCC)nc(N)nc21. The third-order valence-corrected chi connectivity index (χ3v) is 6.98. The highest BCUT2D eigenvalue weighted by atomic mass is 31.2. The van der Waals surface area contributed by atoms with E-state index in [1.54, 1.807) is 35.8 Å². The van der Waals surface area contributed by atoms with Gasteiger partial charge in [0.1, 0.15) is 23.5 Å². The molecule has 0 aliphatic carbocycles. The maximum atomic E-state index is 13.3. The molecule has 33 heavy (non-hydrogen) atoms. The number of para-hydroxylation sites is 1. The number of hydrogen-bond acceptors (Lipinski definition) is 11. The third kappa shape index (κ3) is 3.65. The molecule has 0 bridgehead atoms. The van der Waals surface area contributed by atoms with Crippen LogP contribution in [0.1, 0.15) is 20.1 Å². The van der Waals surface area contributed by atoms with Crippen LogP contribution < -0.4 is 15.0 Å². The fourth-order valence-corrected chi connectivity index (χ4v) is 5.51. The third-order valence-electron chi connectivity index (χ3n) is 5.60. The molecule has 2 N–H and O–H groups in total. The number of aliphatic imine (C=N–C) groups is 1. The monoisotopic (exact) mass is 474 g/mol. The van der Waals surface area contributed by atoms with E-state index in [-0.39, 0.29) is 18.4 Å². The highest BCUT2D eigenvalue weighted by Crippen LogP contribution is 2.59. The maximum Gasteiger partial charge on any atom is 0.530 e. The van der Waals surface area contributed by atoms with E-state index in [1.165, 1.54) is 6.33 Å². The van der Waals surface area contributed by atoms with Gasteiger partial charge in [0.25, 0.3) is 0 Å². The van der Waals surface area contributed by atoms with Crippen molar-refractivity contribution < 1.29 is 27.6 Å². The van der Waals surface area contributed by atoms with Crippen LogP contribution in [0.3, 0.4) is 0 Å². The largest absolute Gasteiger partial charge is 0.530 e. The second kappa shape index (κ2) is 8.07. The topological polar surface area (TPSA) is 145 Å². The number of ether oxygens (including phenoxy) is 2. The van der Waals surface area contributed by atoms with Crippen LogP contribution >= 0.6 is 7.82 Å². The number of imidazole rings is 1. The highest BCUT2D eigenvalue weighted by Gasteiger charge is 2.61. The molecule has 2 fully saturated rings. The Morgan fingerprint density at radius 3 is 2.88 bits per heavy atom. The number of hydrogen-bond donors (Lipinski definition) is 1. The molecular formula is C20H23N6O6P. The van der Waals surface area contributed by atoms with Crippen molar-refractivity contribution in [3.05, 3.63) is 36.7 Å². The number of phosphoric ester groups is 1. The molecule has 1 unspecified atom stereocenters. The lowest BCUT2D eigenvalue weighted by atomic mass is 9.93. The summed E-state index contributed by atoms with van der Waals surface area (Å²) in [6.45, 7) is 7.72. The molecule has 12 nitrogen and oxygen atoms in total. The van der Waals surface area contributed by atoms with Crippen molar-refractivity contribution in [2.75, 3.05) is 18.9 Å². The van der Waals surface area contributed by atoms with Gasteiger partial charge < -0.3 is 19.7 Å². The van der Waals surface area contributed by atoms with Gasteiger partial charge in [-0.25, -0.2) is 9.55 Å². The van der Waals surface area contributed by atoms with E-state index in [9.17, 15) is 4.57 Å². The maximum absolute atomic E-state index is 13.3. The summed E-state index contributed by atoms with van der Waals surface area (Å²) in [4.78, 5) is 17.1. The highest BCUT2D eigenvalue weighted by molar-refractivity contribution is 7.49. The smallest absolute Gasteiger partial charge is 0.476 e. The molecule has 174 valence electrons. The van der Waals surface area contributed by atoms with Gasteiger partial charge in [-0.1, -0.05) is 18.2 Å². The lowest BCUT2D eigenvalue weighted by molar-refractivity contribution is -0.0649. The van der Waals surface area contributed by atoms with E-state index < -0.39 is 31.8 Å². The summed E-state index contributed by atoms with van der Waals surface area (Å²) in [6, 6.07) is 8.65. The van der Waals surface area contributed by atoms with Crippen LogP contribution in [0.15, 0.2) is 41.7 Å². The average molecular weight is 474 g/mol. The summed E-state index contributed by atoms with van der Waals surface area (Å²) in [7, 11) is -3.93. The lowest BCUT2D eigenvalue weighted by Crippen LogP contribution is -2.46. The van der Waals surface area contributed by atoms with Gasteiger partial charge in [0.05, 0.1) is 19.5 Å². The Kier molecular flexibility index (Phi) is 5.32. The van der Waals surface area contributed by atoms with Crippen molar-refractivity contribution in [2.45, 2.75) is 37.8 Å². The Morgan fingerprint density at radius 1 is 1.36 bits per heavy atom. The molecule has 5 rings (SSSR count). The predicted molar refractivity (Wildman–Crippen MR) is 118 cm³/mol. The van der Waals surface area contributed by atoms with Gasteiger partial charge in [-0.2, -0.15) is 9.97 Å². The van der Waals surface area contributed by atoms with E-state index in [2.05, 4.69) is 26.7 Å². The molecule has 4 heterocycles. The van der Waals surface area contributed by atoms with Crippen LogP contribution in [0.5, 0.6) is 11.6 Å². The predicted octanol–water partition coefficient (Wildman–Crippen LogP) is 2.77. The van der Waals surface area contributed by atoms with Gasteiger partial charge in [-0.15, -0.1) is 0 Å². The molecule has 2 aliphatic rings. The second-order valence-corrected chi connectivity index (χ2v) is 9.27. The van der Waals surface area contributed by atoms with Crippen LogP contribution in [0, 0.1) is 0 Å². The quantitative estimate of drug-likeness (QED) is 0.418. The van der Waals surface area contributed by atoms with E-state index in [0.29, 0.717) is 23.5 Å². The molecule has 1 aromatic carbocycles. The molecule has 0 saturated carbocycles. The molecule has 0 radical (unpaired) electrons. The number of rotatable bonds is 6. The minimum Gasteiger partial charge on any atom is -0.476 e. The first-order valence-electron chi connectivity index (χ1n) is 10.3. The number of nitrogens with two attached hydrogens (primary N) is 1. The summed E-state index contributed by atoms with van der Waals surface area (Å²) >= 11 is 0. The minimum absolute atomic E-state index is 0.0235. The molecule has 2 aliphatic heterocycles. The molecule has 0 spiro atoms. The van der Waals surface area contributed by atoms with Crippen LogP contribution in [0.25, 0.3) is 11.2 Å². The van der Waals surface area contributed by atoms with Gasteiger partial charge in [0.15, 0.2) is 17.4 Å². The number of anilines is 1. The Bertz CT molecular complexity index is 1240. The second-order valence-electron chi connectivity index (χ2n) is 7.73. The normalized spacial score (nSPS) is 31.3. The Labute approximate surface area is 189 Å². The fraction of sp³-hybridized carbons (Fsp3) is 0.400. The van der Waals surface area contributed by atoms with Crippen molar-refractivity contribution in [3.63, 3.8) is 0 Å². The number of aromatic nitrogens is 4. The number of fused-ring (bicyclic) bond motifs is 2. The van der Waals surface area contributed by atoms with Crippen LogP contribution in [-0.4, -0.2) is 57.2 Å². The zero-order valence-electron chi connectivity index (χ0n) is 18.0. The summed E-state index contributed by atoms with van der Waals surface area (Å²) < 4.78 is 43.6. The standard InChI is InChI=1S/C20H23N6O6P/c1-4-28-17-14-16(24-19(21)25-17)26(11-23-14)18-20(2,22-3)15-13(30-18)10-29-33(27,32-15)31-12-8-6-5-7-9-12/h5-9,11,13,15,18H,3-4,10H2,1-2H3,(H2,21,24,25)/t13-,15-,18-,20-,33?/m1/s1. The molecular weight excluding hydrogens is 451 g/mol. The first kappa shape index (κ1) is 21.8. The fourth-order valence-electron chi connectivity index (χ4n) is 4.02. The minimum atomic E-state index is -3.93. The van der Waals surface area contributed by atoms with Crippen molar-refractivity contribution in [1.29, 1.82) is 0 Å². The molecule has 5 atom stereocenters. The van der Waals surface area contributed by atoms with Crippen LogP contribution in [0.2, 0.25) is 0 Å². The van der Waals surface area contributed by atoms with Gasteiger partial charge in [0, 0.05) is 0 Å². The van der Waals surface area contributed by atoms with E-state index >= 15 is 0 Å². The van der Waals surface area contributed by atoms with Crippen LogP contribution in [0.4, 0.5) is 5.95 Å². The van der Waals surface area contributed by atoms with Crippen molar-refractivity contribution in [1.82, 2.24) is 19.5 Å². The Morgan fingerprint density at radius 2 is 2.15 bits per heavy atom. The molecule has 0 amide bonds. The summed E-state index contributed by atoms with van der Waals surface area (Å²) in [6.07, 6.45) is -0.583. The van der Waals surface area contributed by atoms with Gasteiger partial charge in [-0.3, -0.25) is 18.6 Å². The zero-order chi connectivity index (χ0) is 23.2. The Hall–Kier alpha value is -3.05. The Balaban J connectivity index is 1.49. The number of benzene rings is 1. The van der Waals surface area contributed by atoms with Gasteiger partial charge in [-0.05, 0) is 32.7 Å². The molecule has 2 saturated heterocycles. The van der Waals surface area contributed by atoms with Crippen molar-refractivity contribution in [2.24, 2.45) is 4.99 Å². The summed E-state index contributed by atoms with van der Waals surface area (Å²) in [5, 5.41) is 0. The molecule has 3 aromatic rings. The van der Waals surface area contributed by atoms with E-state index in [1.807, 2.05) is 13.0 Å². The summed E-state index contributed by atoms with van der Waals surface area (Å²) in [5.74, 6) is 0.652. The van der Waals surface area contributed by atoms with Crippen LogP contribution in [-0.2, 0) is 18.3 Å². The number of nitrogens with zero attached hydrogens (tertiary/aromatic N) is 5. The van der Waals surface area contributed by atoms with E-state index in [4.69, 9.17) is 28.8 Å². The average Bonchev–Trinajstić information content (AvgIpc) is 3.33. The van der Waals surface area contributed by atoms with Crippen molar-refractivity contribution >= 4 is 31.7 Å². The summed E-state index contributed by atoms with van der Waals surface area (Å²) in [5.41, 5.74) is 5.63.